The van der Waals surface area contributed by atoms with Crippen molar-refractivity contribution in [3.63, 3.8) is 0 Å². The molecular weight excluding hydrogens is 246 g/mol. The van der Waals surface area contributed by atoms with Crippen molar-refractivity contribution < 1.29 is 9.53 Å². The zero-order chi connectivity index (χ0) is 11.5. The lowest BCUT2D eigenvalue weighted by Gasteiger charge is -1.95. The van der Waals surface area contributed by atoms with Crippen molar-refractivity contribution >= 4 is 39.4 Å². The summed E-state index contributed by atoms with van der Waals surface area (Å²) in [7, 11) is 0. The first-order valence-electron chi connectivity index (χ1n) is 4.48. The minimum absolute atomic E-state index is 0.199. The quantitative estimate of drug-likeness (QED) is 0.474. The second-order valence-corrected chi connectivity index (χ2v) is 4.78. The zero-order valence-electron chi connectivity index (χ0n) is 8.76. The normalized spacial score (nSPS) is 10.6. The summed E-state index contributed by atoms with van der Waals surface area (Å²) >= 11 is 2.94. The summed E-state index contributed by atoms with van der Waals surface area (Å²) in [6.45, 7) is 1.57. The average Bonchev–Trinajstić information content (AvgIpc) is 2.68. The molecule has 0 fully saturated rings. The standard InChI is InChI=1S/C9H9N3O2S2/c1-5(13)14-3-6-12-7-8(15-2)10-4-11-9(7)16-6/h4H,3H2,1-2H3. The Balaban J connectivity index is 2.32. The molecule has 0 saturated heterocycles. The van der Waals surface area contributed by atoms with Crippen molar-refractivity contribution in [1.29, 1.82) is 0 Å². The third-order valence-corrected chi connectivity index (χ3v) is 3.42. The predicted molar refractivity (Wildman–Crippen MR) is 62.5 cm³/mol. The number of esters is 1. The number of thioether (sulfide) groups is 1. The maximum atomic E-state index is 10.7. The Morgan fingerprint density at radius 2 is 2.38 bits per heavy atom. The van der Waals surface area contributed by atoms with E-state index in [0.717, 1.165) is 20.4 Å². The Kier molecular flexibility index (Phi) is 3.35. The van der Waals surface area contributed by atoms with E-state index in [4.69, 9.17) is 4.74 Å². The molecule has 0 spiro atoms. The van der Waals surface area contributed by atoms with Gasteiger partial charge in [-0.2, -0.15) is 0 Å². The number of carbonyl (C=O) groups excluding carboxylic acids is 1. The maximum Gasteiger partial charge on any atom is 0.303 e. The Hall–Kier alpha value is -1.21. The monoisotopic (exact) mass is 255 g/mol. The van der Waals surface area contributed by atoms with E-state index in [0.29, 0.717) is 0 Å². The van der Waals surface area contributed by atoms with Gasteiger partial charge in [-0.15, -0.1) is 11.8 Å². The summed E-state index contributed by atoms with van der Waals surface area (Å²) in [5.41, 5.74) is 0.780. The Morgan fingerprint density at radius 3 is 3.06 bits per heavy atom. The highest BCUT2D eigenvalue weighted by atomic mass is 32.2. The zero-order valence-corrected chi connectivity index (χ0v) is 10.4. The van der Waals surface area contributed by atoms with Gasteiger partial charge < -0.3 is 4.74 Å². The van der Waals surface area contributed by atoms with E-state index in [9.17, 15) is 4.79 Å². The summed E-state index contributed by atoms with van der Waals surface area (Å²) in [6, 6.07) is 0. The molecule has 2 rings (SSSR count). The van der Waals surface area contributed by atoms with Gasteiger partial charge in [-0.05, 0) is 6.26 Å². The molecule has 16 heavy (non-hydrogen) atoms. The van der Waals surface area contributed by atoms with Crippen LogP contribution in [-0.4, -0.2) is 27.2 Å². The average molecular weight is 255 g/mol. The molecule has 2 heterocycles. The highest BCUT2D eigenvalue weighted by Gasteiger charge is 2.10. The lowest BCUT2D eigenvalue weighted by atomic mass is 10.6. The smallest absolute Gasteiger partial charge is 0.303 e. The SMILES string of the molecule is CSc1ncnc2sc(COC(C)=O)nc12. The molecule has 2 aromatic heterocycles. The predicted octanol–water partition coefficient (Wildman–Crippen LogP) is 1.87. The van der Waals surface area contributed by atoms with Crippen LogP contribution in [0.15, 0.2) is 11.4 Å². The van der Waals surface area contributed by atoms with Crippen LogP contribution < -0.4 is 0 Å². The molecule has 0 unspecified atom stereocenters. The summed E-state index contributed by atoms with van der Waals surface area (Å²) in [6.07, 6.45) is 3.45. The second-order valence-electron chi connectivity index (χ2n) is 2.92. The molecule has 0 aliphatic heterocycles. The summed E-state index contributed by atoms with van der Waals surface area (Å²) in [5.74, 6) is -0.310. The first-order valence-corrected chi connectivity index (χ1v) is 6.52. The number of hydrogen-bond donors (Lipinski definition) is 0. The lowest BCUT2D eigenvalue weighted by molar-refractivity contribution is -0.142. The highest BCUT2D eigenvalue weighted by Crippen LogP contribution is 2.26. The minimum Gasteiger partial charge on any atom is -0.458 e. The molecule has 0 N–H and O–H groups in total. The summed E-state index contributed by atoms with van der Waals surface area (Å²) in [5, 5.41) is 1.58. The number of nitrogens with zero attached hydrogens (tertiary/aromatic N) is 3. The van der Waals surface area contributed by atoms with Crippen molar-refractivity contribution in [2.24, 2.45) is 0 Å². The number of rotatable bonds is 3. The first-order chi connectivity index (χ1) is 7.70. The maximum absolute atomic E-state index is 10.7. The third-order valence-electron chi connectivity index (χ3n) is 1.80. The van der Waals surface area contributed by atoms with E-state index >= 15 is 0 Å². The van der Waals surface area contributed by atoms with E-state index in [1.807, 2.05) is 6.26 Å². The fraction of sp³-hybridized carbons (Fsp3) is 0.333. The number of fused-ring (bicyclic) bond motifs is 1. The van der Waals surface area contributed by atoms with Crippen molar-refractivity contribution in [2.45, 2.75) is 18.6 Å². The Morgan fingerprint density at radius 1 is 1.56 bits per heavy atom. The van der Waals surface area contributed by atoms with Crippen LogP contribution in [0, 0.1) is 0 Å². The van der Waals surface area contributed by atoms with E-state index in [2.05, 4.69) is 15.0 Å². The van der Waals surface area contributed by atoms with Crippen molar-refractivity contribution in [1.82, 2.24) is 15.0 Å². The van der Waals surface area contributed by atoms with Gasteiger partial charge in [0.1, 0.15) is 33.3 Å². The van der Waals surface area contributed by atoms with Crippen LogP contribution in [0.4, 0.5) is 0 Å². The van der Waals surface area contributed by atoms with E-state index < -0.39 is 0 Å². The molecule has 5 nitrogen and oxygen atoms in total. The largest absolute Gasteiger partial charge is 0.458 e. The molecule has 84 valence electrons. The van der Waals surface area contributed by atoms with Crippen LogP contribution in [0.1, 0.15) is 11.9 Å². The van der Waals surface area contributed by atoms with Crippen molar-refractivity contribution in [3.05, 3.63) is 11.3 Å². The van der Waals surface area contributed by atoms with Crippen LogP contribution in [0.3, 0.4) is 0 Å². The number of ether oxygens (including phenoxy) is 1. The van der Waals surface area contributed by atoms with Crippen LogP contribution in [-0.2, 0) is 16.1 Å². The fourth-order valence-electron chi connectivity index (χ4n) is 1.15. The minimum atomic E-state index is -0.310. The number of hydrogen-bond acceptors (Lipinski definition) is 7. The van der Waals surface area contributed by atoms with Gasteiger partial charge in [0.2, 0.25) is 0 Å². The van der Waals surface area contributed by atoms with Gasteiger partial charge >= 0.3 is 5.97 Å². The van der Waals surface area contributed by atoms with Crippen molar-refractivity contribution in [3.8, 4) is 0 Å². The van der Waals surface area contributed by atoms with Gasteiger partial charge in [-0.3, -0.25) is 4.79 Å². The molecule has 0 radical (unpaired) electrons. The van der Waals surface area contributed by atoms with Crippen LogP contribution in [0.25, 0.3) is 10.3 Å². The molecule has 2 aromatic rings. The first kappa shape index (κ1) is 11.3. The molecular formula is C9H9N3O2S2. The topological polar surface area (TPSA) is 65.0 Å². The number of thiazole rings is 1. The number of carbonyl (C=O) groups is 1. The van der Waals surface area contributed by atoms with Gasteiger partial charge in [-0.1, -0.05) is 11.3 Å². The van der Waals surface area contributed by atoms with Gasteiger partial charge in [0.25, 0.3) is 0 Å². The molecule has 7 heteroatoms. The third kappa shape index (κ3) is 2.30. The Bertz CT molecular complexity index is 526. The fourth-order valence-corrected chi connectivity index (χ4v) is 2.52. The highest BCUT2D eigenvalue weighted by molar-refractivity contribution is 7.98. The summed E-state index contributed by atoms with van der Waals surface area (Å²) < 4.78 is 4.88. The molecule has 0 bridgehead atoms. The molecule has 0 aromatic carbocycles. The molecule has 0 saturated carbocycles. The van der Waals surface area contributed by atoms with Gasteiger partial charge in [0.15, 0.2) is 0 Å². The van der Waals surface area contributed by atoms with Crippen LogP contribution >= 0.6 is 23.1 Å². The molecule has 0 atom stereocenters. The lowest BCUT2D eigenvalue weighted by Crippen LogP contribution is -1.97. The molecule has 0 amide bonds. The Labute approximate surface area is 100 Å². The van der Waals surface area contributed by atoms with E-state index in [1.54, 1.807) is 0 Å². The summed E-state index contributed by atoms with van der Waals surface area (Å²) in [4.78, 5) is 24.1. The van der Waals surface area contributed by atoms with Crippen LogP contribution in [0.2, 0.25) is 0 Å². The van der Waals surface area contributed by atoms with E-state index in [1.165, 1.54) is 36.3 Å². The van der Waals surface area contributed by atoms with Gasteiger partial charge in [0, 0.05) is 6.92 Å². The molecule has 0 aliphatic rings. The van der Waals surface area contributed by atoms with Gasteiger partial charge in [-0.25, -0.2) is 15.0 Å². The number of aromatic nitrogens is 3. The van der Waals surface area contributed by atoms with Crippen molar-refractivity contribution in [2.75, 3.05) is 6.26 Å². The van der Waals surface area contributed by atoms with E-state index in [-0.39, 0.29) is 12.6 Å². The second kappa shape index (κ2) is 4.75. The van der Waals surface area contributed by atoms with Gasteiger partial charge in [0.05, 0.1) is 0 Å². The van der Waals surface area contributed by atoms with Crippen LogP contribution in [0.5, 0.6) is 0 Å². The molecule has 0 aliphatic carbocycles.